The van der Waals surface area contributed by atoms with E-state index in [1.165, 1.54) is 180 Å². The highest BCUT2D eigenvalue weighted by Gasteiger charge is 2.18. The molecular formula is C76H129NO3. The van der Waals surface area contributed by atoms with Crippen molar-refractivity contribution in [1.82, 2.24) is 5.32 Å². The summed E-state index contributed by atoms with van der Waals surface area (Å²) in [5.41, 5.74) is 0. The molecule has 3 N–H and O–H groups in total. The zero-order valence-electron chi connectivity index (χ0n) is 52.5. The highest BCUT2D eigenvalue weighted by Crippen LogP contribution is 2.17. The molecule has 0 rings (SSSR count). The first-order valence-corrected chi connectivity index (χ1v) is 34.0. The molecule has 1 amide bonds. The van der Waals surface area contributed by atoms with Gasteiger partial charge in [0, 0.05) is 6.42 Å². The Morgan fingerprint density at radius 3 is 0.875 bits per heavy atom. The van der Waals surface area contributed by atoms with Crippen LogP contribution in [-0.2, 0) is 4.79 Å². The van der Waals surface area contributed by atoms with E-state index in [0.29, 0.717) is 6.42 Å². The van der Waals surface area contributed by atoms with Crippen LogP contribution in [0.15, 0.2) is 146 Å². The molecule has 4 heteroatoms. The lowest BCUT2D eigenvalue weighted by molar-refractivity contribution is -0.123. The van der Waals surface area contributed by atoms with Gasteiger partial charge >= 0.3 is 0 Å². The van der Waals surface area contributed by atoms with Gasteiger partial charge in [-0.05, 0) is 116 Å². The van der Waals surface area contributed by atoms with Gasteiger partial charge in [0.25, 0.3) is 0 Å². The van der Waals surface area contributed by atoms with E-state index in [-0.39, 0.29) is 12.5 Å². The van der Waals surface area contributed by atoms with Gasteiger partial charge in [0.15, 0.2) is 0 Å². The second-order valence-electron chi connectivity index (χ2n) is 22.5. The Morgan fingerprint density at radius 2 is 0.562 bits per heavy atom. The maximum absolute atomic E-state index is 12.5. The number of nitrogens with one attached hydrogen (secondary N) is 1. The summed E-state index contributed by atoms with van der Waals surface area (Å²) in [5, 5.41) is 23.2. The zero-order chi connectivity index (χ0) is 57.6. The summed E-state index contributed by atoms with van der Waals surface area (Å²) in [6, 6.07) is -0.665. The van der Waals surface area contributed by atoms with E-state index < -0.39 is 12.1 Å². The summed E-state index contributed by atoms with van der Waals surface area (Å²) < 4.78 is 0. The highest BCUT2D eigenvalue weighted by atomic mass is 16.3. The molecule has 0 aliphatic carbocycles. The molecule has 0 aliphatic heterocycles. The standard InChI is InChI=1S/C76H129NO3/c1-3-5-7-9-11-13-15-17-19-21-23-25-27-29-31-33-35-37-38-40-42-44-46-48-50-52-54-56-58-60-62-64-66-68-70-72-76(80)77-74(73-78)75(79)71-69-67-65-63-61-59-57-55-53-51-49-47-45-43-41-39-36-34-32-30-28-26-24-22-20-18-16-14-12-10-8-6-4-2/h5,7,11,13,17,19,23,25,29,31,35,37,40,42,46,48,52-55,61,63,69,71,74-75,78-79H,3-4,6,8-10,12,14-16,18,20-22,24,26-28,30,32-34,36,38-39,41,43-45,47,49-51,56-60,62,64-68,70,72-73H2,1-2H3,(H,77,80)/b7-5-,13-11-,19-17-,25-23-,31-29-,37-35-,42-40-,48-46-,54-52-,55-53+,63-61+,71-69+. The minimum Gasteiger partial charge on any atom is -0.394 e. The molecule has 2 unspecified atom stereocenters. The summed E-state index contributed by atoms with van der Waals surface area (Å²) in [6.45, 7) is 4.19. The number of carbonyl (C=O) groups excluding carboxylic acids is 1. The van der Waals surface area contributed by atoms with E-state index in [9.17, 15) is 15.0 Å². The number of allylic oxidation sites excluding steroid dienone is 23. The Bertz CT molecular complexity index is 1630. The topological polar surface area (TPSA) is 69.6 Å². The Balaban J connectivity index is 3.62. The number of carbonyl (C=O) groups is 1. The lowest BCUT2D eigenvalue weighted by Crippen LogP contribution is -2.45. The Kier molecular flexibility index (Phi) is 66.3. The molecule has 0 aromatic heterocycles. The maximum atomic E-state index is 12.5. The van der Waals surface area contributed by atoms with Crippen LogP contribution >= 0.6 is 0 Å². The van der Waals surface area contributed by atoms with Crippen LogP contribution in [0.5, 0.6) is 0 Å². The zero-order valence-corrected chi connectivity index (χ0v) is 52.5. The number of unbranched alkanes of at least 4 members (excludes halogenated alkanes) is 32. The quantitative estimate of drug-likeness (QED) is 0.0420. The Morgan fingerprint density at radius 1 is 0.312 bits per heavy atom. The van der Waals surface area contributed by atoms with Crippen LogP contribution in [0.1, 0.15) is 309 Å². The van der Waals surface area contributed by atoms with Crippen LogP contribution in [-0.4, -0.2) is 34.9 Å². The van der Waals surface area contributed by atoms with Gasteiger partial charge in [0.05, 0.1) is 18.8 Å². The lowest BCUT2D eigenvalue weighted by atomic mass is 10.0. The van der Waals surface area contributed by atoms with E-state index in [4.69, 9.17) is 0 Å². The fourth-order valence-electron chi connectivity index (χ4n) is 9.68. The van der Waals surface area contributed by atoms with Crippen LogP contribution in [0.2, 0.25) is 0 Å². The van der Waals surface area contributed by atoms with E-state index >= 15 is 0 Å². The van der Waals surface area contributed by atoms with Crippen LogP contribution in [0.3, 0.4) is 0 Å². The van der Waals surface area contributed by atoms with Crippen molar-refractivity contribution in [1.29, 1.82) is 0 Å². The smallest absolute Gasteiger partial charge is 0.220 e. The molecule has 80 heavy (non-hydrogen) atoms. The number of aliphatic hydroxyl groups excluding tert-OH is 2. The van der Waals surface area contributed by atoms with Crippen LogP contribution in [0.4, 0.5) is 0 Å². The summed E-state index contributed by atoms with van der Waals surface area (Å²) in [7, 11) is 0. The number of hydrogen-bond donors (Lipinski definition) is 3. The molecule has 0 fully saturated rings. The van der Waals surface area contributed by atoms with Crippen LogP contribution < -0.4 is 5.32 Å². The molecule has 0 saturated heterocycles. The molecule has 0 aromatic rings. The van der Waals surface area contributed by atoms with Crippen molar-refractivity contribution in [2.24, 2.45) is 0 Å². The molecule has 0 heterocycles. The maximum Gasteiger partial charge on any atom is 0.220 e. The lowest BCUT2D eigenvalue weighted by Gasteiger charge is -2.19. The van der Waals surface area contributed by atoms with Gasteiger partial charge in [0.2, 0.25) is 5.91 Å². The van der Waals surface area contributed by atoms with E-state index in [1.54, 1.807) is 6.08 Å². The van der Waals surface area contributed by atoms with Gasteiger partial charge in [-0.1, -0.05) is 333 Å². The SMILES string of the molecule is CC/C=C\C/C=C\C/C=C\C/C=C\C/C=C\C/C=C\C/C=C\C/C=C\C/C=C\CCCCCCCCCC(=O)NC(CO)C(O)/C=C/CC/C=C/CC/C=C/CCCCCCCCCCCCCCCCCCCCCCCCC. The monoisotopic (exact) mass is 1100 g/mol. The molecule has 0 radical (unpaired) electrons. The molecule has 456 valence electrons. The van der Waals surface area contributed by atoms with Crippen molar-refractivity contribution in [2.75, 3.05) is 6.61 Å². The van der Waals surface area contributed by atoms with Crippen molar-refractivity contribution >= 4 is 5.91 Å². The largest absolute Gasteiger partial charge is 0.394 e. The number of aliphatic hydroxyl groups is 2. The molecule has 4 nitrogen and oxygen atoms in total. The summed E-state index contributed by atoms with van der Waals surface area (Å²) in [6.07, 6.45) is 109. The third kappa shape index (κ3) is 65.1. The number of rotatable bonds is 61. The summed E-state index contributed by atoms with van der Waals surface area (Å²) >= 11 is 0. The van der Waals surface area contributed by atoms with Gasteiger partial charge in [-0.3, -0.25) is 4.79 Å². The Hall–Kier alpha value is -3.73. The van der Waals surface area contributed by atoms with Gasteiger partial charge in [0.1, 0.15) is 0 Å². The number of amides is 1. The van der Waals surface area contributed by atoms with Crippen LogP contribution in [0, 0.1) is 0 Å². The fourth-order valence-corrected chi connectivity index (χ4v) is 9.68. The Labute approximate surface area is 497 Å². The van der Waals surface area contributed by atoms with Crippen molar-refractivity contribution in [3.8, 4) is 0 Å². The van der Waals surface area contributed by atoms with Crippen LogP contribution in [0.25, 0.3) is 0 Å². The number of hydrogen-bond acceptors (Lipinski definition) is 3. The average molecular weight is 1100 g/mol. The predicted octanol–water partition coefficient (Wildman–Crippen LogP) is 23.5. The molecule has 0 spiro atoms. The third-order valence-corrected chi connectivity index (χ3v) is 14.8. The van der Waals surface area contributed by atoms with Crippen molar-refractivity contribution < 1.29 is 15.0 Å². The van der Waals surface area contributed by atoms with Gasteiger partial charge in [-0.15, -0.1) is 0 Å². The highest BCUT2D eigenvalue weighted by molar-refractivity contribution is 5.76. The fraction of sp³-hybridized carbons (Fsp3) is 0.671. The minimum absolute atomic E-state index is 0.0930. The van der Waals surface area contributed by atoms with Crippen molar-refractivity contribution in [3.05, 3.63) is 146 Å². The van der Waals surface area contributed by atoms with Crippen molar-refractivity contribution in [2.45, 2.75) is 321 Å². The van der Waals surface area contributed by atoms with E-state index in [1.807, 2.05) is 6.08 Å². The molecule has 0 aromatic carbocycles. The first kappa shape index (κ1) is 76.3. The second kappa shape index (κ2) is 69.5. The van der Waals surface area contributed by atoms with E-state index in [0.717, 1.165) is 109 Å². The van der Waals surface area contributed by atoms with Gasteiger partial charge < -0.3 is 15.5 Å². The first-order chi connectivity index (χ1) is 39.7. The molecule has 0 bridgehead atoms. The van der Waals surface area contributed by atoms with Crippen molar-refractivity contribution in [3.63, 3.8) is 0 Å². The second-order valence-corrected chi connectivity index (χ2v) is 22.5. The average Bonchev–Trinajstić information content (AvgIpc) is 3.46. The summed E-state index contributed by atoms with van der Waals surface area (Å²) in [5.74, 6) is -0.0930. The van der Waals surface area contributed by atoms with Gasteiger partial charge in [-0.25, -0.2) is 0 Å². The van der Waals surface area contributed by atoms with E-state index in [2.05, 4.69) is 153 Å². The molecular weight excluding hydrogens is 975 g/mol. The molecule has 0 saturated carbocycles. The molecule has 0 aliphatic rings. The third-order valence-electron chi connectivity index (χ3n) is 14.8. The molecule has 2 atom stereocenters. The minimum atomic E-state index is -0.888. The van der Waals surface area contributed by atoms with Gasteiger partial charge in [-0.2, -0.15) is 0 Å². The normalized spacial score (nSPS) is 13.7. The summed E-state index contributed by atoms with van der Waals surface area (Å²) in [4.78, 5) is 12.5. The predicted molar refractivity (Wildman–Crippen MR) is 358 cm³/mol. The first-order valence-electron chi connectivity index (χ1n) is 34.0.